The van der Waals surface area contributed by atoms with Gasteiger partial charge in [0.05, 0.1) is 0 Å². The van der Waals surface area contributed by atoms with Crippen molar-refractivity contribution in [1.82, 2.24) is 0 Å². The molecule has 0 heterocycles. The van der Waals surface area contributed by atoms with Crippen LogP contribution in [0.25, 0.3) is 43.8 Å². The van der Waals surface area contributed by atoms with Crippen molar-refractivity contribution in [2.45, 2.75) is 27.7 Å². The summed E-state index contributed by atoms with van der Waals surface area (Å²) in [5.74, 6) is 0. The third-order valence-corrected chi connectivity index (χ3v) is 6.94. The maximum Gasteiger partial charge on any atom is 4.00 e. The summed E-state index contributed by atoms with van der Waals surface area (Å²) in [6, 6.07) is 38.8. The van der Waals surface area contributed by atoms with Gasteiger partial charge in [0.1, 0.15) is 0 Å². The van der Waals surface area contributed by atoms with E-state index in [2.05, 4.69) is 137 Å². The van der Waals surface area contributed by atoms with Gasteiger partial charge in [-0.3, -0.25) is 0 Å². The fraction of sp³-hybridized carbons (Fsp3) is 0.118. The molecular weight excluding hydrogens is 527 g/mol. The van der Waals surface area contributed by atoms with E-state index in [1.807, 2.05) is 0 Å². The maximum absolute atomic E-state index is 2.30. The molecule has 0 radical (unpaired) electrons. The van der Waals surface area contributed by atoms with E-state index in [-0.39, 0.29) is 46.5 Å². The first-order valence-electron chi connectivity index (χ1n) is 12.0. The molecule has 0 aliphatic rings. The van der Waals surface area contributed by atoms with Gasteiger partial charge in [0.2, 0.25) is 0 Å². The Morgan fingerprint density at radius 1 is 0.432 bits per heavy atom. The van der Waals surface area contributed by atoms with Crippen LogP contribution < -0.4 is 24.8 Å². The summed E-state index contributed by atoms with van der Waals surface area (Å²) in [4.78, 5) is 0. The Morgan fingerprint density at radius 3 is 1.11 bits per heavy atom. The van der Waals surface area contributed by atoms with Crippen molar-refractivity contribution in [3.8, 4) is 22.3 Å². The molecule has 0 bridgehead atoms. The molecule has 37 heavy (non-hydrogen) atoms. The van der Waals surface area contributed by atoms with Gasteiger partial charge < -0.3 is 24.8 Å². The Morgan fingerprint density at radius 2 is 0.784 bits per heavy atom. The number of aryl methyl sites for hydroxylation is 4. The zero-order valence-corrected chi connectivity index (χ0v) is 24.7. The SMILES string of the molecule is Cc1cccc2[cH-]c(-c3ccccc3)c(C)c12.Cc1cccc2[cH-]c(-c3ccccc3)c(C)c12.[Cl-].[Cl-].[Ti+4]. The minimum absolute atomic E-state index is 0. The average Bonchev–Trinajstić information content (AvgIpc) is 3.39. The summed E-state index contributed by atoms with van der Waals surface area (Å²) in [5.41, 5.74) is 10.8. The van der Waals surface area contributed by atoms with E-state index in [9.17, 15) is 0 Å². The van der Waals surface area contributed by atoms with Crippen molar-refractivity contribution in [3.05, 3.63) is 131 Å². The van der Waals surface area contributed by atoms with E-state index in [0.29, 0.717) is 0 Å². The van der Waals surface area contributed by atoms with Crippen LogP contribution in [0.4, 0.5) is 0 Å². The van der Waals surface area contributed by atoms with E-state index in [1.54, 1.807) is 0 Å². The Bertz CT molecular complexity index is 1450. The van der Waals surface area contributed by atoms with Gasteiger partial charge in [0.15, 0.2) is 0 Å². The van der Waals surface area contributed by atoms with Gasteiger partial charge >= 0.3 is 21.7 Å². The van der Waals surface area contributed by atoms with Crippen molar-refractivity contribution in [2.75, 3.05) is 0 Å². The zero-order valence-electron chi connectivity index (χ0n) is 21.6. The maximum atomic E-state index is 2.30. The fourth-order valence-corrected chi connectivity index (χ4v) is 5.28. The molecule has 3 heteroatoms. The fourth-order valence-electron chi connectivity index (χ4n) is 5.28. The quantitative estimate of drug-likeness (QED) is 0.225. The molecule has 6 aromatic rings. The number of rotatable bonds is 2. The van der Waals surface area contributed by atoms with Gasteiger partial charge in [-0.1, -0.05) is 121 Å². The van der Waals surface area contributed by atoms with Gasteiger partial charge in [-0.05, 0) is 13.8 Å². The molecule has 0 amide bonds. The van der Waals surface area contributed by atoms with Crippen LogP contribution in [0.15, 0.2) is 109 Å². The predicted molar refractivity (Wildman–Crippen MR) is 149 cm³/mol. The predicted octanol–water partition coefficient (Wildman–Crippen LogP) is 3.69. The number of hydrogen-bond acceptors (Lipinski definition) is 0. The molecule has 0 aliphatic heterocycles. The van der Waals surface area contributed by atoms with Crippen molar-refractivity contribution in [1.29, 1.82) is 0 Å². The molecule has 0 saturated heterocycles. The minimum Gasteiger partial charge on any atom is -1.00 e. The van der Waals surface area contributed by atoms with Gasteiger partial charge in [-0.25, -0.2) is 0 Å². The van der Waals surface area contributed by atoms with E-state index in [0.717, 1.165) is 0 Å². The number of hydrogen-bond donors (Lipinski definition) is 0. The minimum atomic E-state index is 0. The first-order valence-corrected chi connectivity index (χ1v) is 12.0. The van der Waals surface area contributed by atoms with Crippen molar-refractivity contribution < 1.29 is 46.5 Å². The smallest absolute Gasteiger partial charge is 1.00 e. The third-order valence-electron chi connectivity index (χ3n) is 6.94. The number of benzene rings is 4. The summed E-state index contributed by atoms with van der Waals surface area (Å²) >= 11 is 0. The van der Waals surface area contributed by atoms with E-state index in [4.69, 9.17) is 0 Å². The first kappa shape index (κ1) is 30.6. The van der Waals surface area contributed by atoms with Crippen LogP contribution in [-0.2, 0) is 21.7 Å². The number of fused-ring (bicyclic) bond motifs is 2. The second-order valence-electron chi connectivity index (χ2n) is 9.18. The topological polar surface area (TPSA) is 0 Å². The molecule has 0 aliphatic carbocycles. The largest absolute Gasteiger partial charge is 4.00 e. The molecule has 0 N–H and O–H groups in total. The van der Waals surface area contributed by atoms with Crippen LogP contribution in [0.2, 0.25) is 0 Å². The molecule has 184 valence electrons. The standard InChI is InChI=1S/2C17H15.2ClH.Ti/c2*1-12-7-6-10-15-11-16(13(2)17(12)15)14-8-4-3-5-9-14;;;/h2*3-11H,1-2H3;2*1H;/q2*-1;;;+4/p-2. The zero-order chi connectivity index (χ0) is 23.7. The Hall–Kier alpha value is -2.61. The second-order valence-corrected chi connectivity index (χ2v) is 9.18. The van der Waals surface area contributed by atoms with Crippen LogP contribution in [0.1, 0.15) is 22.3 Å². The Kier molecular flexibility index (Phi) is 11.0. The molecule has 0 saturated carbocycles. The van der Waals surface area contributed by atoms with Crippen LogP contribution in [0.3, 0.4) is 0 Å². The molecule has 6 rings (SSSR count). The normalized spacial score (nSPS) is 10.1. The van der Waals surface area contributed by atoms with Crippen LogP contribution >= 0.6 is 0 Å². The summed E-state index contributed by atoms with van der Waals surface area (Å²) in [6.07, 6.45) is 0. The molecule has 0 atom stereocenters. The van der Waals surface area contributed by atoms with Crippen molar-refractivity contribution in [2.24, 2.45) is 0 Å². The molecule has 0 unspecified atom stereocenters. The van der Waals surface area contributed by atoms with Gasteiger partial charge in [-0.15, -0.1) is 68.1 Å². The van der Waals surface area contributed by atoms with Gasteiger partial charge in [0, 0.05) is 0 Å². The van der Waals surface area contributed by atoms with Crippen molar-refractivity contribution in [3.63, 3.8) is 0 Å². The molecule has 0 nitrogen and oxygen atoms in total. The van der Waals surface area contributed by atoms with Gasteiger partial charge in [-0.2, -0.15) is 0 Å². The first-order chi connectivity index (χ1) is 16.5. The molecule has 0 spiro atoms. The number of halogens is 2. The summed E-state index contributed by atoms with van der Waals surface area (Å²) in [7, 11) is 0. The molecule has 6 aromatic carbocycles. The molecule has 0 fully saturated rings. The second kappa shape index (κ2) is 13.3. The summed E-state index contributed by atoms with van der Waals surface area (Å²) in [5, 5.41) is 5.51. The third kappa shape index (κ3) is 6.11. The van der Waals surface area contributed by atoms with Crippen LogP contribution in [0.5, 0.6) is 0 Å². The van der Waals surface area contributed by atoms with E-state index in [1.165, 1.54) is 66.1 Å². The summed E-state index contributed by atoms with van der Waals surface area (Å²) < 4.78 is 0. The molecular formula is C34H30Cl2Ti. The van der Waals surface area contributed by atoms with Crippen LogP contribution in [-0.4, -0.2) is 0 Å². The Labute approximate surface area is 248 Å². The van der Waals surface area contributed by atoms with E-state index >= 15 is 0 Å². The van der Waals surface area contributed by atoms with Gasteiger partial charge in [0.25, 0.3) is 0 Å². The van der Waals surface area contributed by atoms with Crippen molar-refractivity contribution >= 4 is 21.5 Å². The summed E-state index contributed by atoms with van der Waals surface area (Å²) in [6.45, 7) is 8.81. The van der Waals surface area contributed by atoms with E-state index < -0.39 is 0 Å². The van der Waals surface area contributed by atoms with Crippen LogP contribution in [0, 0.1) is 27.7 Å². The molecule has 0 aromatic heterocycles. The Balaban J connectivity index is 0.000000241. The monoisotopic (exact) mass is 556 g/mol. The average molecular weight is 557 g/mol.